The quantitative estimate of drug-likeness (QED) is 0.822. The van der Waals surface area contributed by atoms with Crippen molar-refractivity contribution in [1.82, 2.24) is 0 Å². The summed E-state index contributed by atoms with van der Waals surface area (Å²) in [5.74, 6) is -0.108. The highest BCUT2D eigenvalue weighted by molar-refractivity contribution is 5.49. The molecule has 1 aromatic carbocycles. The molecule has 0 unspecified atom stereocenters. The number of rotatable bonds is 3. The van der Waals surface area contributed by atoms with Crippen LogP contribution in [0.5, 0.6) is 0 Å². The van der Waals surface area contributed by atoms with E-state index in [0.717, 1.165) is 30.8 Å². The fourth-order valence-corrected chi connectivity index (χ4v) is 2.09. The minimum Gasteiger partial charge on any atom is -0.369 e. The molecule has 2 rings (SSSR count). The van der Waals surface area contributed by atoms with Crippen LogP contribution in [0.3, 0.4) is 0 Å². The van der Waals surface area contributed by atoms with Crippen LogP contribution in [0.4, 0.5) is 10.1 Å². The van der Waals surface area contributed by atoms with Crippen LogP contribution in [-0.4, -0.2) is 19.6 Å². The Balaban J connectivity index is 2.18. The fourth-order valence-electron chi connectivity index (χ4n) is 2.09. The minimum absolute atomic E-state index is 0.108. The molecule has 0 aliphatic carbocycles. The summed E-state index contributed by atoms with van der Waals surface area (Å²) in [4.78, 5) is 2.11. The number of nitrogens with zero attached hydrogens (tertiary/aromatic N) is 1. The van der Waals surface area contributed by atoms with Gasteiger partial charge in [-0.1, -0.05) is 6.07 Å². The van der Waals surface area contributed by atoms with Crippen LogP contribution in [0.25, 0.3) is 0 Å². The number of hydrogen-bond donors (Lipinski definition) is 1. The smallest absolute Gasteiger partial charge is 0.146 e. The van der Waals surface area contributed by atoms with Gasteiger partial charge < -0.3 is 10.6 Å². The van der Waals surface area contributed by atoms with Gasteiger partial charge in [-0.3, -0.25) is 0 Å². The highest BCUT2D eigenvalue weighted by atomic mass is 19.1. The second-order valence-corrected chi connectivity index (χ2v) is 4.02. The van der Waals surface area contributed by atoms with Crippen LogP contribution in [-0.2, 0) is 6.42 Å². The first-order valence-corrected chi connectivity index (χ1v) is 5.54. The molecule has 0 atom stereocenters. The molecule has 0 saturated carbocycles. The fraction of sp³-hybridized carbons (Fsp3) is 0.500. The average Bonchev–Trinajstić information content (AvgIpc) is 2.71. The Kier molecular flexibility index (Phi) is 3.21. The second-order valence-electron chi connectivity index (χ2n) is 4.02. The van der Waals surface area contributed by atoms with Crippen LogP contribution in [0, 0.1) is 5.82 Å². The zero-order valence-electron chi connectivity index (χ0n) is 8.88. The lowest BCUT2D eigenvalue weighted by atomic mass is 10.1. The number of hydrogen-bond acceptors (Lipinski definition) is 2. The van der Waals surface area contributed by atoms with Gasteiger partial charge in [0.1, 0.15) is 5.82 Å². The average molecular weight is 208 g/mol. The lowest BCUT2D eigenvalue weighted by molar-refractivity contribution is 0.620. The largest absolute Gasteiger partial charge is 0.369 e. The molecule has 1 aliphatic rings. The normalized spacial score (nSPS) is 16.0. The Morgan fingerprint density at radius 1 is 1.27 bits per heavy atom. The number of halogens is 1. The third kappa shape index (κ3) is 2.29. The predicted octanol–water partition coefficient (Wildman–Crippen LogP) is 1.93. The summed E-state index contributed by atoms with van der Waals surface area (Å²) < 4.78 is 13.7. The lowest BCUT2D eigenvalue weighted by Crippen LogP contribution is -2.19. The predicted molar refractivity (Wildman–Crippen MR) is 60.6 cm³/mol. The second kappa shape index (κ2) is 4.62. The molecule has 15 heavy (non-hydrogen) atoms. The Bertz CT molecular complexity index is 332. The maximum atomic E-state index is 13.7. The van der Waals surface area contributed by atoms with E-state index in [2.05, 4.69) is 4.90 Å². The van der Waals surface area contributed by atoms with Crippen LogP contribution < -0.4 is 10.6 Å². The Morgan fingerprint density at radius 3 is 2.60 bits per heavy atom. The molecule has 2 N–H and O–H groups in total. The lowest BCUT2D eigenvalue weighted by Gasteiger charge is -2.18. The maximum absolute atomic E-state index is 13.7. The van der Waals surface area contributed by atoms with Crippen molar-refractivity contribution < 1.29 is 4.39 Å². The molecule has 0 radical (unpaired) electrons. The van der Waals surface area contributed by atoms with Crippen molar-refractivity contribution in [2.45, 2.75) is 19.3 Å². The molecule has 0 aromatic heterocycles. The van der Waals surface area contributed by atoms with E-state index >= 15 is 0 Å². The minimum atomic E-state index is -0.108. The van der Waals surface area contributed by atoms with Gasteiger partial charge in [0.2, 0.25) is 0 Å². The first-order valence-electron chi connectivity index (χ1n) is 5.54. The Hall–Kier alpha value is -1.09. The molecule has 0 spiro atoms. The van der Waals surface area contributed by atoms with Gasteiger partial charge in [-0.15, -0.1) is 0 Å². The van der Waals surface area contributed by atoms with Crippen molar-refractivity contribution in [1.29, 1.82) is 0 Å². The van der Waals surface area contributed by atoms with Gasteiger partial charge in [0.15, 0.2) is 0 Å². The molecule has 2 nitrogen and oxygen atoms in total. The van der Waals surface area contributed by atoms with Crippen molar-refractivity contribution in [2.75, 3.05) is 24.5 Å². The molecular weight excluding hydrogens is 191 g/mol. The number of nitrogens with two attached hydrogens (primary N) is 1. The van der Waals surface area contributed by atoms with Crippen molar-refractivity contribution in [3.63, 3.8) is 0 Å². The summed E-state index contributed by atoms with van der Waals surface area (Å²) in [6.07, 6.45) is 3.09. The summed E-state index contributed by atoms with van der Waals surface area (Å²) in [5.41, 5.74) is 7.17. The third-order valence-corrected chi connectivity index (χ3v) is 2.89. The van der Waals surface area contributed by atoms with E-state index in [1.54, 1.807) is 6.07 Å². The van der Waals surface area contributed by atoms with Crippen molar-refractivity contribution in [2.24, 2.45) is 5.73 Å². The van der Waals surface area contributed by atoms with Gasteiger partial charge in [-0.25, -0.2) is 4.39 Å². The van der Waals surface area contributed by atoms with Crippen molar-refractivity contribution in [3.8, 4) is 0 Å². The van der Waals surface area contributed by atoms with Gasteiger partial charge in [0.25, 0.3) is 0 Å². The highest BCUT2D eigenvalue weighted by Crippen LogP contribution is 2.24. The van der Waals surface area contributed by atoms with E-state index in [-0.39, 0.29) is 5.82 Å². The molecule has 1 heterocycles. The first kappa shape index (κ1) is 10.4. The van der Waals surface area contributed by atoms with E-state index in [9.17, 15) is 4.39 Å². The van der Waals surface area contributed by atoms with Crippen LogP contribution in [0.15, 0.2) is 18.2 Å². The summed E-state index contributed by atoms with van der Waals surface area (Å²) >= 11 is 0. The van der Waals surface area contributed by atoms with Gasteiger partial charge in [0, 0.05) is 13.1 Å². The van der Waals surface area contributed by atoms with Crippen LogP contribution >= 0.6 is 0 Å². The number of benzene rings is 1. The number of anilines is 1. The van der Waals surface area contributed by atoms with Crippen LogP contribution in [0.1, 0.15) is 18.4 Å². The van der Waals surface area contributed by atoms with E-state index in [0.29, 0.717) is 6.54 Å². The van der Waals surface area contributed by atoms with E-state index in [4.69, 9.17) is 5.73 Å². The van der Waals surface area contributed by atoms with E-state index in [1.807, 2.05) is 12.1 Å². The Labute approximate surface area is 89.9 Å². The monoisotopic (exact) mass is 208 g/mol. The SMILES string of the molecule is NCCc1ccc(N2CCCC2)c(F)c1. The first-order chi connectivity index (χ1) is 7.31. The van der Waals surface area contributed by atoms with Crippen molar-refractivity contribution >= 4 is 5.69 Å². The summed E-state index contributed by atoms with van der Waals surface area (Å²) in [7, 11) is 0. The highest BCUT2D eigenvalue weighted by Gasteiger charge is 2.15. The molecule has 0 amide bonds. The summed E-state index contributed by atoms with van der Waals surface area (Å²) in [6.45, 7) is 2.53. The molecule has 82 valence electrons. The molecule has 1 fully saturated rings. The zero-order valence-corrected chi connectivity index (χ0v) is 8.88. The van der Waals surface area contributed by atoms with Gasteiger partial charge in [0.05, 0.1) is 5.69 Å². The summed E-state index contributed by atoms with van der Waals surface area (Å²) in [6, 6.07) is 5.47. The molecule has 3 heteroatoms. The van der Waals surface area contributed by atoms with Crippen LogP contribution in [0.2, 0.25) is 0 Å². The maximum Gasteiger partial charge on any atom is 0.146 e. The van der Waals surface area contributed by atoms with Gasteiger partial charge in [-0.05, 0) is 43.5 Å². The standard InChI is InChI=1S/C12H17FN2/c13-11-9-10(5-6-14)3-4-12(11)15-7-1-2-8-15/h3-4,9H,1-2,5-8,14H2. The van der Waals surface area contributed by atoms with E-state index in [1.165, 1.54) is 12.8 Å². The molecule has 0 bridgehead atoms. The molecular formula is C12H17FN2. The molecule has 1 aliphatic heterocycles. The van der Waals surface area contributed by atoms with Crippen molar-refractivity contribution in [3.05, 3.63) is 29.6 Å². The van der Waals surface area contributed by atoms with Gasteiger partial charge >= 0.3 is 0 Å². The zero-order chi connectivity index (χ0) is 10.7. The van der Waals surface area contributed by atoms with Gasteiger partial charge in [-0.2, -0.15) is 0 Å². The third-order valence-electron chi connectivity index (χ3n) is 2.89. The molecule has 1 saturated heterocycles. The molecule has 1 aromatic rings. The summed E-state index contributed by atoms with van der Waals surface area (Å²) in [5, 5.41) is 0. The topological polar surface area (TPSA) is 29.3 Å². The Morgan fingerprint density at radius 2 is 2.00 bits per heavy atom. The van der Waals surface area contributed by atoms with E-state index < -0.39 is 0 Å².